The highest BCUT2D eigenvalue weighted by Gasteiger charge is 2.39. The van der Waals surface area contributed by atoms with Crippen LogP contribution in [-0.4, -0.2) is 23.4 Å². The van der Waals surface area contributed by atoms with Gasteiger partial charge in [0.05, 0.1) is 5.52 Å². The second kappa shape index (κ2) is 5.82. The molecule has 0 saturated heterocycles. The lowest BCUT2D eigenvalue weighted by Gasteiger charge is -2.17. The van der Waals surface area contributed by atoms with E-state index in [1.165, 1.54) is 0 Å². The van der Waals surface area contributed by atoms with Crippen LogP contribution < -0.4 is 10.6 Å². The fourth-order valence-electron chi connectivity index (χ4n) is 3.95. The highest BCUT2D eigenvalue weighted by atomic mass is 16.2. The number of aromatic nitrogens is 1. The van der Waals surface area contributed by atoms with Crippen molar-refractivity contribution in [1.82, 2.24) is 9.88 Å². The molecular formula is C19H21N3O2. The van der Waals surface area contributed by atoms with Crippen LogP contribution in [0.15, 0.2) is 42.6 Å². The molecule has 1 aromatic heterocycles. The number of fused-ring (bicyclic) bond motifs is 3. The van der Waals surface area contributed by atoms with Gasteiger partial charge in [0.2, 0.25) is 11.8 Å². The summed E-state index contributed by atoms with van der Waals surface area (Å²) in [5.41, 5.74) is 1.74. The number of hydrogen-bond donors (Lipinski definition) is 2. The maximum Gasteiger partial charge on any atom is 0.239 e. The topological polar surface area (TPSA) is 63.1 Å². The molecule has 0 radical (unpaired) electrons. The zero-order valence-electron chi connectivity index (χ0n) is 13.7. The number of anilines is 1. The Morgan fingerprint density at radius 2 is 2.08 bits per heavy atom. The molecule has 2 aliphatic rings. The van der Waals surface area contributed by atoms with Gasteiger partial charge in [0.25, 0.3) is 0 Å². The Morgan fingerprint density at radius 1 is 1.21 bits per heavy atom. The van der Waals surface area contributed by atoms with E-state index in [-0.39, 0.29) is 24.3 Å². The predicted octanol–water partition coefficient (Wildman–Crippen LogP) is 2.54. The summed E-state index contributed by atoms with van der Waals surface area (Å²) in [6.45, 7) is 0.272. The lowest BCUT2D eigenvalue weighted by molar-refractivity contribution is -0.121. The number of carbonyl (C=O) groups excluding carboxylic acids is 2. The molecule has 0 unspecified atom stereocenters. The molecule has 2 bridgehead atoms. The Morgan fingerprint density at radius 3 is 2.79 bits per heavy atom. The molecule has 1 aromatic carbocycles. The lowest BCUT2D eigenvalue weighted by Crippen LogP contribution is -2.26. The fourth-order valence-corrected chi connectivity index (χ4v) is 3.95. The van der Waals surface area contributed by atoms with Crippen molar-refractivity contribution in [2.75, 3.05) is 12.4 Å². The van der Waals surface area contributed by atoms with E-state index in [1.54, 1.807) is 7.05 Å². The van der Waals surface area contributed by atoms with Gasteiger partial charge in [0.15, 0.2) is 0 Å². The van der Waals surface area contributed by atoms with Crippen molar-refractivity contribution in [1.29, 1.82) is 0 Å². The molecule has 0 aliphatic heterocycles. The van der Waals surface area contributed by atoms with E-state index in [4.69, 9.17) is 0 Å². The first-order valence-electron chi connectivity index (χ1n) is 8.42. The van der Waals surface area contributed by atoms with Crippen molar-refractivity contribution in [3.63, 3.8) is 0 Å². The highest BCUT2D eigenvalue weighted by Crippen LogP contribution is 2.43. The molecule has 2 amide bonds. The molecule has 2 aliphatic carbocycles. The summed E-state index contributed by atoms with van der Waals surface area (Å²) in [5, 5.41) is 6.75. The smallest absolute Gasteiger partial charge is 0.239 e. The van der Waals surface area contributed by atoms with Crippen molar-refractivity contribution in [3.8, 4) is 0 Å². The predicted molar refractivity (Wildman–Crippen MR) is 93.5 cm³/mol. The zero-order chi connectivity index (χ0) is 16.7. The fraction of sp³-hybridized carbons (Fsp3) is 0.368. The number of amides is 2. The van der Waals surface area contributed by atoms with Crippen molar-refractivity contribution >= 4 is 28.4 Å². The second-order valence-corrected chi connectivity index (χ2v) is 6.77. The van der Waals surface area contributed by atoms with Gasteiger partial charge in [-0.1, -0.05) is 18.2 Å². The van der Waals surface area contributed by atoms with Crippen molar-refractivity contribution < 1.29 is 9.59 Å². The van der Waals surface area contributed by atoms with Crippen molar-refractivity contribution in [2.24, 2.45) is 17.8 Å². The number of allylic oxidation sites excluding steroid dienone is 2. The van der Waals surface area contributed by atoms with Crippen LogP contribution in [-0.2, 0) is 16.1 Å². The largest absolute Gasteiger partial charge is 0.358 e. The summed E-state index contributed by atoms with van der Waals surface area (Å²) in [5.74, 6) is 1.13. The van der Waals surface area contributed by atoms with E-state index in [9.17, 15) is 9.59 Å². The van der Waals surface area contributed by atoms with E-state index in [2.05, 4.69) is 22.8 Å². The molecule has 1 heterocycles. The number of hydrogen-bond acceptors (Lipinski definition) is 2. The van der Waals surface area contributed by atoms with Crippen LogP contribution in [0.5, 0.6) is 0 Å². The number of benzene rings is 1. The Balaban J connectivity index is 1.54. The average molecular weight is 323 g/mol. The first kappa shape index (κ1) is 15.0. The summed E-state index contributed by atoms with van der Waals surface area (Å²) in [6.07, 6.45) is 8.41. The third-order valence-electron chi connectivity index (χ3n) is 5.25. The molecule has 2 N–H and O–H groups in total. The molecule has 3 atom stereocenters. The number of carbonyl (C=O) groups is 2. The number of nitrogens with zero attached hydrogens (tertiary/aromatic N) is 1. The molecule has 4 rings (SSSR count). The molecule has 1 saturated carbocycles. The van der Waals surface area contributed by atoms with E-state index < -0.39 is 0 Å². The normalized spacial score (nSPS) is 24.5. The quantitative estimate of drug-likeness (QED) is 0.849. The molecule has 2 aromatic rings. The molecule has 0 spiro atoms. The Hall–Kier alpha value is -2.56. The summed E-state index contributed by atoms with van der Waals surface area (Å²) < 4.78 is 1.89. The minimum Gasteiger partial charge on any atom is -0.358 e. The second-order valence-electron chi connectivity index (χ2n) is 6.77. The van der Waals surface area contributed by atoms with Gasteiger partial charge in [0.1, 0.15) is 6.54 Å². The van der Waals surface area contributed by atoms with Crippen LogP contribution in [0.1, 0.15) is 12.8 Å². The van der Waals surface area contributed by atoms with E-state index >= 15 is 0 Å². The van der Waals surface area contributed by atoms with Crippen LogP contribution in [0, 0.1) is 17.8 Å². The zero-order valence-corrected chi connectivity index (χ0v) is 13.7. The van der Waals surface area contributed by atoms with Crippen molar-refractivity contribution in [2.45, 2.75) is 19.4 Å². The Kier molecular flexibility index (Phi) is 3.63. The number of rotatable bonds is 4. The summed E-state index contributed by atoms with van der Waals surface area (Å²) >= 11 is 0. The molecule has 5 nitrogen and oxygen atoms in total. The number of likely N-dealkylation sites (N-methyl/N-ethyl adjacent to an activating group) is 1. The standard InChI is InChI=1S/C19H21N3O2/c1-20-18(23)11-22-7-6-13-4-5-15(10-17(13)22)21-19(24)16-9-12-2-3-14(16)8-12/h2-7,10,12,14,16H,8-9,11H2,1H3,(H,20,23)(H,21,24)/t12-,14-,16-/m0/s1. The minimum atomic E-state index is -0.0456. The first-order valence-corrected chi connectivity index (χ1v) is 8.42. The monoisotopic (exact) mass is 323 g/mol. The van der Waals surface area contributed by atoms with Gasteiger partial charge in [-0.15, -0.1) is 0 Å². The maximum atomic E-state index is 12.6. The van der Waals surface area contributed by atoms with Gasteiger partial charge >= 0.3 is 0 Å². The van der Waals surface area contributed by atoms with E-state index in [1.807, 2.05) is 35.0 Å². The molecule has 124 valence electrons. The van der Waals surface area contributed by atoms with Gasteiger partial charge in [-0.25, -0.2) is 0 Å². The third-order valence-corrected chi connectivity index (χ3v) is 5.25. The van der Waals surface area contributed by atoms with E-state index in [0.29, 0.717) is 11.8 Å². The Labute approximate surface area is 140 Å². The molecule has 1 fully saturated rings. The summed E-state index contributed by atoms with van der Waals surface area (Å²) in [6, 6.07) is 7.82. The van der Waals surface area contributed by atoms with E-state index in [0.717, 1.165) is 29.4 Å². The summed E-state index contributed by atoms with van der Waals surface area (Å²) in [4.78, 5) is 24.2. The minimum absolute atomic E-state index is 0.0456. The van der Waals surface area contributed by atoms with Crippen LogP contribution in [0.4, 0.5) is 5.69 Å². The van der Waals surface area contributed by atoms with Gasteiger partial charge in [-0.05, 0) is 48.3 Å². The average Bonchev–Trinajstić information content (AvgIpc) is 3.30. The third kappa shape index (κ3) is 2.60. The maximum absolute atomic E-state index is 12.6. The van der Waals surface area contributed by atoms with Crippen LogP contribution in [0.25, 0.3) is 10.9 Å². The summed E-state index contributed by atoms with van der Waals surface area (Å²) in [7, 11) is 1.63. The highest BCUT2D eigenvalue weighted by molar-refractivity contribution is 5.96. The SMILES string of the molecule is CNC(=O)Cn1ccc2ccc(NC(=O)[C@H]3C[C@H]4C=C[C@H]3C4)cc21. The van der Waals surface area contributed by atoms with Gasteiger partial charge < -0.3 is 15.2 Å². The molecule has 24 heavy (non-hydrogen) atoms. The van der Waals surface area contributed by atoms with Gasteiger partial charge in [-0.3, -0.25) is 9.59 Å². The van der Waals surface area contributed by atoms with Crippen LogP contribution in [0.3, 0.4) is 0 Å². The lowest BCUT2D eigenvalue weighted by atomic mass is 9.93. The van der Waals surface area contributed by atoms with Gasteiger partial charge in [0, 0.05) is 24.8 Å². The Bertz CT molecular complexity index is 836. The van der Waals surface area contributed by atoms with Crippen LogP contribution >= 0.6 is 0 Å². The first-order chi connectivity index (χ1) is 11.6. The van der Waals surface area contributed by atoms with Gasteiger partial charge in [-0.2, -0.15) is 0 Å². The van der Waals surface area contributed by atoms with Crippen LogP contribution in [0.2, 0.25) is 0 Å². The molecule has 5 heteroatoms. The van der Waals surface area contributed by atoms with Crippen molar-refractivity contribution in [3.05, 3.63) is 42.6 Å². The molecular weight excluding hydrogens is 302 g/mol. The number of nitrogens with one attached hydrogen (secondary N) is 2.